The fourth-order valence-electron chi connectivity index (χ4n) is 0.479. The Bertz CT molecular complexity index is 115. The summed E-state index contributed by atoms with van der Waals surface area (Å²) in [5.41, 5.74) is 0. The number of hydrogen-bond donors (Lipinski definition) is 2. The van der Waals surface area contributed by atoms with Crippen LogP contribution in [0.3, 0.4) is 0 Å². The van der Waals surface area contributed by atoms with Crippen LogP contribution in [0.25, 0.3) is 0 Å². The summed E-state index contributed by atoms with van der Waals surface area (Å²) in [6, 6.07) is -0.410. The van der Waals surface area contributed by atoms with Crippen LogP contribution in [0.4, 0.5) is 0 Å². The van der Waals surface area contributed by atoms with Crippen molar-refractivity contribution in [3.05, 3.63) is 0 Å². The topological polar surface area (TPSA) is 49.3 Å². The molecule has 0 bridgehead atoms. The molecule has 2 radical (unpaired) electrons. The molecule has 1 atom stereocenters. The van der Waals surface area contributed by atoms with Crippen molar-refractivity contribution in [1.82, 2.24) is 4.33 Å². The van der Waals surface area contributed by atoms with Crippen molar-refractivity contribution in [2.75, 3.05) is 12.0 Å². The molecule has 0 amide bonds. The summed E-state index contributed by atoms with van der Waals surface area (Å²) < 4.78 is 2.66. The number of thioether (sulfide) groups is 1. The number of hydrogen-bond acceptors (Lipinski definition) is 3. The fraction of sp³-hybridized carbons (Fsp3) is 0.800. The van der Waals surface area contributed by atoms with E-state index in [1.54, 1.807) is 11.8 Å². The van der Waals surface area contributed by atoms with Gasteiger partial charge in [-0.05, 0) is 0 Å². The first-order valence-corrected chi connectivity index (χ1v) is 5.17. The molecule has 2 N–H and O–H groups in total. The van der Waals surface area contributed by atoms with Crippen molar-refractivity contribution in [3.63, 3.8) is 0 Å². The van der Waals surface area contributed by atoms with Gasteiger partial charge in [-0.25, -0.2) is 0 Å². The minimum atomic E-state index is -0.783. The zero-order valence-electron chi connectivity index (χ0n) is 6.11. The smallest absolute Gasteiger partial charge is 0 e. The Morgan fingerprint density at radius 1 is 1.82 bits per heavy atom. The quantitative estimate of drug-likeness (QED) is 0.654. The van der Waals surface area contributed by atoms with Gasteiger partial charge >= 0.3 is 72.7 Å². The summed E-state index contributed by atoms with van der Waals surface area (Å²) in [6.07, 6.45) is 2.63. The van der Waals surface area contributed by atoms with E-state index in [9.17, 15) is 4.79 Å². The van der Waals surface area contributed by atoms with E-state index in [0.29, 0.717) is 6.42 Å². The molecule has 0 unspecified atom stereocenters. The van der Waals surface area contributed by atoms with Gasteiger partial charge in [0.2, 0.25) is 0 Å². The molecule has 0 aromatic heterocycles. The van der Waals surface area contributed by atoms with Crippen LogP contribution in [-0.4, -0.2) is 62.4 Å². The van der Waals surface area contributed by atoms with E-state index >= 15 is 0 Å². The van der Waals surface area contributed by atoms with Crippen LogP contribution in [0.1, 0.15) is 6.42 Å². The molecule has 0 spiro atoms. The Labute approximate surface area is 89.6 Å². The minimum Gasteiger partial charge on any atom is 0 e. The van der Waals surface area contributed by atoms with Gasteiger partial charge in [-0.2, -0.15) is 0 Å². The Hall–Kier alpha value is 0.819. The van der Waals surface area contributed by atoms with Crippen LogP contribution in [0, 0.1) is 0 Å². The number of carboxylic acid groups (broad SMARTS) is 1. The number of aliphatic carboxylic acids is 1. The van der Waals surface area contributed by atoms with Gasteiger partial charge in [-0.15, -0.1) is 0 Å². The van der Waals surface area contributed by atoms with Crippen LogP contribution in [0.5, 0.6) is 0 Å². The van der Waals surface area contributed by atoms with E-state index in [4.69, 9.17) is 5.11 Å². The average molecular weight is 307 g/mol. The molecular weight excluding hydrogens is 296 g/mol. The molecule has 0 aromatic rings. The van der Waals surface area contributed by atoms with Crippen LogP contribution in [0.2, 0.25) is 0 Å². The van der Waals surface area contributed by atoms with Crippen LogP contribution in [0.15, 0.2) is 0 Å². The van der Waals surface area contributed by atoms with Gasteiger partial charge in [0.25, 0.3) is 0 Å². The first kappa shape index (κ1) is 14.3. The second-order valence-corrected chi connectivity index (χ2v) is 3.33. The maximum Gasteiger partial charge on any atom is 0 e. The molecule has 11 heavy (non-hydrogen) atoms. The van der Waals surface area contributed by atoms with Gasteiger partial charge < -0.3 is 0 Å². The van der Waals surface area contributed by atoms with Crippen molar-refractivity contribution in [1.29, 1.82) is 0 Å². The van der Waals surface area contributed by atoms with E-state index < -0.39 is 12.0 Å². The molecule has 0 aromatic carbocycles. The van der Waals surface area contributed by atoms with E-state index in [-0.39, 0.29) is 17.1 Å². The molecule has 0 aliphatic heterocycles. The summed E-state index contributed by atoms with van der Waals surface area (Å²) >= 11 is 3.73. The monoisotopic (exact) mass is 309 g/mol. The van der Waals surface area contributed by atoms with Gasteiger partial charge in [-0.1, -0.05) is 0 Å². The summed E-state index contributed by atoms with van der Waals surface area (Å²) in [4.78, 5) is 10.4. The Balaban J connectivity index is 0. The average Bonchev–Trinajstić information content (AvgIpc) is 1.89. The van der Waals surface area contributed by atoms with Gasteiger partial charge in [0.05, 0.1) is 0 Å². The Morgan fingerprint density at radius 2 is 2.36 bits per heavy atom. The number of rotatable bonds is 5. The van der Waals surface area contributed by atoms with Crippen molar-refractivity contribution in [3.8, 4) is 0 Å². The van der Waals surface area contributed by atoms with E-state index in [1.807, 2.05) is 6.26 Å². The summed E-state index contributed by atoms with van der Waals surface area (Å²) in [7, 11) is 0. The van der Waals surface area contributed by atoms with Gasteiger partial charge in [0, 0.05) is 17.1 Å². The summed E-state index contributed by atoms with van der Waals surface area (Å²) in [5.74, 6) is 0.0940. The third-order valence-corrected chi connectivity index (χ3v) is 2.36. The first-order chi connectivity index (χ1) is 4.72. The number of nitrogens with one attached hydrogen (secondary N) is 1. The molecule has 0 saturated carbocycles. The third-order valence-electron chi connectivity index (χ3n) is 1.06. The van der Waals surface area contributed by atoms with Crippen molar-refractivity contribution >= 4 is 51.0 Å². The van der Waals surface area contributed by atoms with Gasteiger partial charge in [0.1, 0.15) is 0 Å². The Kier molecular flexibility index (Phi) is 11.6. The second-order valence-electron chi connectivity index (χ2n) is 1.80. The van der Waals surface area contributed by atoms with Crippen molar-refractivity contribution in [2.45, 2.75) is 12.5 Å². The molecule has 6 heteroatoms. The predicted octanol–water partition coefficient (Wildman–Crippen LogP) is -0.783. The normalized spacial score (nSPS) is 11.8. The van der Waals surface area contributed by atoms with Crippen LogP contribution >= 0.6 is 11.8 Å². The minimum absolute atomic E-state index is 0. The summed E-state index contributed by atoms with van der Waals surface area (Å²) in [5, 5.41) is 8.52. The number of carbonyl (C=O) groups is 1. The molecule has 0 aliphatic rings. The third kappa shape index (κ3) is 7.19. The van der Waals surface area contributed by atoms with Gasteiger partial charge in [-0.3, -0.25) is 0 Å². The van der Waals surface area contributed by atoms with Gasteiger partial charge in [0.15, 0.2) is 0 Å². The Morgan fingerprint density at radius 3 is 2.64 bits per heavy atom. The molecule has 3 nitrogen and oxygen atoms in total. The molecule has 0 heterocycles. The molecular formula is C5H11NO2SSe2. The fourth-order valence-corrected chi connectivity index (χ4v) is 1.45. The van der Waals surface area contributed by atoms with Crippen molar-refractivity contribution < 1.29 is 9.90 Å². The van der Waals surface area contributed by atoms with E-state index in [0.717, 1.165) is 5.75 Å². The molecule has 0 fully saturated rings. The van der Waals surface area contributed by atoms with Crippen molar-refractivity contribution in [2.24, 2.45) is 0 Å². The maximum atomic E-state index is 10.4. The second kappa shape index (κ2) is 8.91. The van der Waals surface area contributed by atoms with E-state index in [2.05, 4.69) is 20.6 Å². The van der Waals surface area contributed by atoms with Crippen LogP contribution in [-0.2, 0) is 4.79 Å². The van der Waals surface area contributed by atoms with E-state index in [1.165, 1.54) is 0 Å². The number of carboxylic acids is 1. The molecule has 0 rings (SSSR count). The molecule has 66 valence electrons. The largest absolute Gasteiger partial charge is 0 e. The predicted molar refractivity (Wildman–Crippen MR) is 50.5 cm³/mol. The summed E-state index contributed by atoms with van der Waals surface area (Å²) in [6.45, 7) is 0. The zero-order chi connectivity index (χ0) is 7.98. The SMILES string of the molecule is CSCC[C@H](N[SeH])C(=O)O.[Se]. The maximum absolute atomic E-state index is 10.4. The first-order valence-electron chi connectivity index (χ1n) is 2.83. The standard InChI is InChI=1S/C5H11NO2SSe.Se/c1-9-3-2-4(6-10)5(7)8;/h4,6,10H,2-3H2,1H3,(H,7,8);/t4-;/m0./s1. The van der Waals surface area contributed by atoms with Crippen LogP contribution < -0.4 is 4.33 Å². The molecule has 0 saturated heterocycles. The zero-order valence-corrected chi connectivity index (χ0v) is 10.5. The molecule has 0 aliphatic carbocycles.